The summed E-state index contributed by atoms with van der Waals surface area (Å²) in [5, 5.41) is 3.41. The average Bonchev–Trinajstić information content (AvgIpc) is 2.52. The lowest BCUT2D eigenvalue weighted by atomic mass is 9.96. The Morgan fingerprint density at radius 3 is 2.10 bits per heavy atom. The van der Waals surface area contributed by atoms with Crippen molar-refractivity contribution in [3.63, 3.8) is 0 Å². The second-order valence-electron chi connectivity index (χ2n) is 4.87. The lowest BCUT2D eigenvalue weighted by molar-refractivity contribution is 0.0352. The summed E-state index contributed by atoms with van der Waals surface area (Å²) in [6.45, 7) is 2.76. The Morgan fingerprint density at radius 1 is 0.950 bits per heavy atom. The number of hydrogen-bond acceptors (Lipinski definition) is 2. The van der Waals surface area contributed by atoms with E-state index >= 15 is 0 Å². The van der Waals surface area contributed by atoms with E-state index in [9.17, 15) is 0 Å². The van der Waals surface area contributed by atoms with Gasteiger partial charge in [-0.1, -0.05) is 60.7 Å². The maximum absolute atomic E-state index is 5.99. The normalized spacial score (nSPS) is 13.9. The number of benzene rings is 2. The fraction of sp³-hybridized carbons (Fsp3) is 0.333. The first kappa shape index (κ1) is 14.8. The Balaban J connectivity index is 2.17. The molecule has 2 aromatic rings. The van der Waals surface area contributed by atoms with Crippen LogP contribution in [-0.2, 0) is 11.2 Å². The number of hydrogen-bond donors (Lipinski definition) is 1. The molecule has 1 N–H and O–H groups in total. The molecule has 2 rings (SSSR count). The molecule has 0 radical (unpaired) electrons. The van der Waals surface area contributed by atoms with Gasteiger partial charge in [0.15, 0.2) is 0 Å². The van der Waals surface area contributed by atoms with E-state index in [2.05, 4.69) is 59.9 Å². The van der Waals surface area contributed by atoms with Crippen molar-refractivity contribution >= 4 is 0 Å². The van der Waals surface area contributed by atoms with Crippen molar-refractivity contribution in [2.75, 3.05) is 13.7 Å². The second kappa shape index (κ2) is 7.83. The highest BCUT2D eigenvalue weighted by Gasteiger charge is 2.22. The largest absolute Gasteiger partial charge is 0.372 e. The van der Waals surface area contributed by atoms with Crippen LogP contribution in [0.25, 0.3) is 0 Å². The van der Waals surface area contributed by atoms with Crippen LogP contribution < -0.4 is 5.32 Å². The molecule has 2 aromatic carbocycles. The van der Waals surface area contributed by atoms with Crippen molar-refractivity contribution in [1.82, 2.24) is 5.32 Å². The maximum Gasteiger partial charge on any atom is 0.0980 e. The third-order valence-corrected chi connectivity index (χ3v) is 3.51. The standard InChI is InChI=1S/C18H23NO/c1-3-20-18(16-12-8-5-9-13-16)17(19-2)14-15-10-6-4-7-11-15/h4-13,17-19H,3,14H2,1-2H3. The van der Waals surface area contributed by atoms with E-state index in [1.807, 2.05) is 20.0 Å². The highest BCUT2D eigenvalue weighted by atomic mass is 16.5. The van der Waals surface area contributed by atoms with Gasteiger partial charge in [0.2, 0.25) is 0 Å². The molecule has 0 amide bonds. The summed E-state index contributed by atoms with van der Waals surface area (Å²) in [5.41, 5.74) is 2.55. The molecular weight excluding hydrogens is 246 g/mol. The number of ether oxygens (including phenoxy) is 1. The summed E-state index contributed by atoms with van der Waals surface area (Å²) >= 11 is 0. The van der Waals surface area contributed by atoms with Crippen molar-refractivity contribution < 1.29 is 4.74 Å². The molecule has 0 saturated heterocycles. The van der Waals surface area contributed by atoms with Crippen molar-refractivity contribution in [3.05, 3.63) is 71.8 Å². The molecule has 2 nitrogen and oxygen atoms in total. The number of likely N-dealkylation sites (N-methyl/N-ethyl adjacent to an activating group) is 1. The van der Waals surface area contributed by atoms with Crippen LogP contribution in [0, 0.1) is 0 Å². The third-order valence-electron chi connectivity index (χ3n) is 3.51. The van der Waals surface area contributed by atoms with Gasteiger partial charge in [-0.05, 0) is 31.5 Å². The van der Waals surface area contributed by atoms with Crippen molar-refractivity contribution in [2.45, 2.75) is 25.5 Å². The quantitative estimate of drug-likeness (QED) is 0.829. The Morgan fingerprint density at radius 2 is 1.55 bits per heavy atom. The van der Waals surface area contributed by atoms with Gasteiger partial charge in [0.05, 0.1) is 6.10 Å². The summed E-state index contributed by atoms with van der Waals surface area (Å²) in [6.07, 6.45) is 1.03. The van der Waals surface area contributed by atoms with Crippen molar-refractivity contribution in [2.24, 2.45) is 0 Å². The maximum atomic E-state index is 5.99. The molecule has 0 spiro atoms. The predicted octanol–water partition coefficient (Wildman–Crippen LogP) is 3.59. The molecule has 0 aliphatic carbocycles. The van der Waals surface area contributed by atoms with Crippen molar-refractivity contribution in [1.29, 1.82) is 0 Å². The zero-order valence-corrected chi connectivity index (χ0v) is 12.3. The Hall–Kier alpha value is -1.64. The smallest absolute Gasteiger partial charge is 0.0980 e. The lowest BCUT2D eigenvalue weighted by Gasteiger charge is -2.27. The van der Waals surface area contributed by atoms with E-state index in [1.165, 1.54) is 11.1 Å². The Bertz CT molecular complexity index is 483. The summed E-state index contributed by atoms with van der Waals surface area (Å²) in [7, 11) is 2.00. The minimum atomic E-state index is 0.0754. The molecule has 0 heterocycles. The Kier molecular flexibility index (Phi) is 5.78. The minimum absolute atomic E-state index is 0.0754. The van der Waals surface area contributed by atoms with Crippen LogP contribution >= 0.6 is 0 Å². The van der Waals surface area contributed by atoms with E-state index in [-0.39, 0.29) is 12.1 Å². The topological polar surface area (TPSA) is 21.3 Å². The second-order valence-corrected chi connectivity index (χ2v) is 4.87. The third kappa shape index (κ3) is 3.92. The molecule has 0 aliphatic heterocycles. The number of rotatable bonds is 7. The molecule has 2 unspecified atom stereocenters. The monoisotopic (exact) mass is 269 g/mol. The van der Waals surface area contributed by atoms with Crippen LogP contribution in [-0.4, -0.2) is 19.7 Å². The van der Waals surface area contributed by atoms with E-state index in [1.54, 1.807) is 0 Å². The molecule has 0 bridgehead atoms. The molecule has 2 atom stereocenters. The van der Waals surface area contributed by atoms with Gasteiger partial charge in [0, 0.05) is 12.6 Å². The average molecular weight is 269 g/mol. The van der Waals surface area contributed by atoms with Crippen LogP contribution in [0.15, 0.2) is 60.7 Å². The first-order chi connectivity index (χ1) is 9.85. The summed E-state index contributed by atoms with van der Waals surface area (Å²) < 4.78 is 5.99. The van der Waals surface area contributed by atoms with Crippen LogP contribution in [0.4, 0.5) is 0 Å². The molecule has 0 aromatic heterocycles. The van der Waals surface area contributed by atoms with E-state index in [4.69, 9.17) is 4.74 Å². The summed E-state index contributed by atoms with van der Waals surface area (Å²) in [5.74, 6) is 0. The molecular formula is C18H23NO. The van der Waals surface area contributed by atoms with E-state index in [0.29, 0.717) is 6.61 Å². The molecule has 20 heavy (non-hydrogen) atoms. The van der Waals surface area contributed by atoms with Crippen LogP contribution in [0.2, 0.25) is 0 Å². The highest BCUT2D eigenvalue weighted by Crippen LogP contribution is 2.23. The molecule has 0 aliphatic rings. The fourth-order valence-corrected chi connectivity index (χ4v) is 2.50. The van der Waals surface area contributed by atoms with Crippen LogP contribution in [0.1, 0.15) is 24.2 Å². The molecule has 0 fully saturated rings. The van der Waals surface area contributed by atoms with Gasteiger partial charge in [-0.2, -0.15) is 0 Å². The first-order valence-electron chi connectivity index (χ1n) is 7.23. The lowest BCUT2D eigenvalue weighted by Crippen LogP contribution is -2.35. The van der Waals surface area contributed by atoms with Crippen LogP contribution in [0.5, 0.6) is 0 Å². The molecule has 2 heteroatoms. The molecule has 0 saturated carbocycles. The van der Waals surface area contributed by atoms with Gasteiger partial charge < -0.3 is 10.1 Å². The number of nitrogens with one attached hydrogen (secondary N) is 1. The SMILES string of the molecule is CCOC(c1ccccc1)C(Cc1ccccc1)NC. The van der Waals surface area contributed by atoms with Gasteiger partial charge in [0.1, 0.15) is 0 Å². The van der Waals surface area contributed by atoms with Crippen molar-refractivity contribution in [3.8, 4) is 0 Å². The summed E-state index contributed by atoms with van der Waals surface area (Å²) in [6, 6.07) is 21.3. The summed E-state index contributed by atoms with van der Waals surface area (Å²) in [4.78, 5) is 0. The zero-order chi connectivity index (χ0) is 14.2. The first-order valence-corrected chi connectivity index (χ1v) is 7.23. The van der Waals surface area contributed by atoms with E-state index in [0.717, 1.165) is 6.42 Å². The predicted molar refractivity (Wildman–Crippen MR) is 83.8 cm³/mol. The van der Waals surface area contributed by atoms with E-state index < -0.39 is 0 Å². The molecule has 106 valence electrons. The van der Waals surface area contributed by atoms with Gasteiger partial charge in [-0.15, -0.1) is 0 Å². The van der Waals surface area contributed by atoms with Crippen LogP contribution in [0.3, 0.4) is 0 Å². The van der Waals surface area contributed by atoms with Gasteiger partial charge in [-0.25, -0.2) is 0 Å². The Labute approximate surface area is 121 Å². The van der Waals surface area contributed by atoms with Gasteiger partial charge >= 0.3 is 0 Å². The van der Waals surface area contributed by atoms with Gasteiger partial charge in [-0.3, -0.25) is 0 Å². The van der Waals surface area contributed by atoms with Gasteiger partial charge in [0.25, 0.3) is 0 Å². The fourth-order valence-electron chi connectivity index (χ4n) is 2.50. The highest BCUT2D eigenvalue weighted by molar-refractivity contribution is 5.22. The zero-order valence-electron chi connectivity index (χ0n) is 12.3. The minimum Gasteiger partial charge on any atom is -0.372 e.